The molecule has 0 radical (unpaired) electrons. The summed E-state index contributed by atoms with van der Waals surface area (Å²) in [5.41, 5.74) is 1.05. The molecule has 3 rings (SSSR count). The second-order valence-corrected chi connectivity index (χ2v) is 8.00. The molecule has 0 N–H and O–H groups in total. The second-order valence-electron chi connectivity index (χ2n) is 7.14. The molecule has 1 fully saturated rings. The van der Waals surface area contributed by atoms with Crippen molar-refractivity contribution in [2.24, 2.45) is 5.92 Å². The van der Waals surface area contributed by atoms with Crippen molar-refractivity contribution in [3.63, 3.8) is 0 Å². The third kappa shape index (κ3) is 5.08. The Bertz CT molecular complexity index is 725. The van der Waals surface area contributed by atoms with Crippen LogP contribution < -0.4 is 0 Å². The number of rotatable bonds is 5. The van der Waals surface area contributed by atoms with Gasteiger partial charge in [0.15, 0.2) is 10.8 Å². The van der Waals surface area contributed by atoms with Gasteiger partial charge in [-0.3, -0.25) is 4.90 Å². The highest BCUT2D eigenvalue weighted by atomic mass is 32.1. The largest absolute Gasteiger partial charge is 0.459 e. The van der Waals surface area contributed by atoms with Crippen LogP contribution in [0.25, 0.3) is 10.8 Å². The third-order valence-corrected chi connectivity index (χ3v) is 5.18. The van der Waals surface area contributed by atoms with Crippen LogP contribution in [0.4, 0.5) is 4.79 Å². The zero-order valence-electron chi connectivity index (χ0n) is 15.7. The summed E-state index contributed by atoms with van der Waals surface area (Å²) >= 11 is 1.61. The minimum Gasteiger partial charge on any atom is -0.459 e. The van der Waals surface area contributed by atoms with Crippen LogP contribution in [0.3, 0.4) is 0 Å². The van der Waals surface area contributed by atoms with Crippen molar-refractivity contribution in [2.45, 2.75) is 33.7 Å². The smallest absolute Gasteiger partial charge is 0.409 e. The number of nitrogens with zero attached hydrogens (tertiary/aromatic N) is 3. The summed E-state index contributed by atoms with van der Waals surface area (Å²) in [6, 6.07) is 3.92. The van der Waals surface area contributed by atoms with Crippen molar-refractivity contribution in [1.82, 2.24) is 14.8 Å². The molecule has 1 amide bonds. The Morgan fingerprint density at radius 2 is 2.15 bits per heavy atom. The Balaban J connectivity index is 1.52. The van der Waals surface area contributed by atoms with Gasteiger partial charge in [0.25, 0.3) is 0 Å². The molecule has 0 bridgehead atoms. The van der Waals surface area contributed by atoms with Crippen molar-refractivity contribution >= 4 is 17.4 Å². The van der Waals surface area contributed by atoms with Crippen LogP contribution in [-0.2, 0) is 11.3 Å². The molecule has 2 aromatic rings. The van der Waals surface area contributed by atoms with Crippen LogP contribution in [0.15, 0.2) is 21.9 Å². The fraction of sp³-hybridized carbons (Fsp3) is 0.579. The molecule has 0 aliphatic carbocycles. The van der Waals surface area contributed by atoms with E-state index in [1.165, 1.54) is 0 Å². The topological polar surface area (TPSA) is 58.8 Å². The van der Waals surface area contributed by atoms with Gasteiger partial charge in [-0.2, -0.15) is 0 Å². The molecule has 0 aromatic carbocycles. The minimum atomic E-state index is -0.190. The van der Waals surface area contributed by atoms with Crippen LogP contribution >= 0.6 is 11.3 Å². The highest BCUT2D eigenvalue weighted by molar-refractivity contribution is 7.13. The van der Waals surface area contributed by atoms with E-state index in [1.807, 2.05) is 37.8 Å². The molecule has 0 spiro atoms. The molecule has 1 aliphatic heterocycles. The predicted molar refractivity (Wildman–Crippen MR) is 102 cm³/mol. The Labute approximate surface area is 158 Å². The van der Waals surface area contributed by atoms with Gasteiger partial charge >= 0.3 is 6.09 Å². The normalized spacial score (nSPS) is 16.1. The van der Waals surface area contributed by atoms with Crippen LogP contribution in [0.2, 0.25) is 0 Å². The van der Waals surface area contributed by atoms with E-state index >= 15 is 0 Å². The second kappa shape index (κ2) is 8.68. The maximum atomic E-state index is 12.1. The molecule has 142 valence electrons. The van der Waals surface area contributed by atoms with Crippen molar-refractivity contribution < 1.29 is 13.9 Å². The zero-order chi connectivity index (χ0) is 18.5. The van der Waals surface area contributed by atoms with E-state index in [-0.39, 0.29) is 6.09 Å². The maximum Gasteiger partial charge on any atom is 0.409 e. The van der Waals surface area contributed by atoms with Crippen LogP contribution in [0, 0.1) is 12.8 Å². The van der Waals surface area contributed by atoms with Gasteiger partial charge < -0.3 is 14.1 Å². The number of aromatic nitrogens is 1. The first-order valence-corrected chi connectivity index (χ1v) is 10.0. The highest BCUT2D eigenvalue weighted by Crippen LogP contribution is 2.26. The van der Waals surface area contributed by atoms with Gasteiger partial charge in [0.2, 0.25) is 0 Å². The van der Waals surface area contributed by atoms with Gasteiger partial charge in [0, 0.05) is 38.1 Å². The van der Waals surface area contributed by atoms with Crippen LogP contribution in [0.1, 0.15) is 31.7 Å². The lowest BCUT2D eigenvalue weighted by molar-refractivity contribution is 0.0930. The molecular formula is C19H27N3O3S. The Morgan fingerprint density at radius 3 is 2.88 bits per heavy atom. The summed E-state index contributed by atoms with van der Waals surface area (Å²) in [5, 5.41) is 3.01. The van der Waals surface area contributed by atoms with Crippen molar-refractivity contribution in [1.29, 1.82) is 0 Å². The Morgan fingerprint density at radius 1 is 1.31 bits per heavy atom. The number of furan rings is 1. The van der Waals surface area contributed by atoms with Gasteiger partial charge in [-0.1, -0.05) is 13.8 Å². The van der Waals surface area contributed by atoms with Crippen molar-refractivity contribution in [3.8, 4) is 10.8 Å². The van der Waals surface area contributed by atoms with Gasteiger partial charge in [0.05, 0.1) is 12.3 Å². The van der Waals surface area contributed by atoms with E-state index in [0.29, 0.717) is 19.1 Å². The first-order valence-electron chi connectivity index (χ1n) is 9.16. The number of carbonyl (C=O) groups excluding carboxylic acids is 1. The molecule has 0 saturated carbocycles. The summed E-state index contributed by atoms with van der Waals surface area (Å²) < 4.78 is 11.0. The van der Waals surface area contributed by atoms with Gasteiger partial charge in [-0.15, -0.1) is 11.3 Å². The van der Waals surface area contributed by atoms with Crippen molar-refractivity contribution in [2.75, 3.05) is 32.8 Å². The Kier molecular flexibility index (Phi) is 6.32. The predicted octanol–water partition coefficient (Wildman–Crippen LogP) is 4.01. The van der Waals surface area contributed by atoms with E-state index in [2.05, 4.69) is 10.3 Å². The number of aryl methyl sites for hydroxylation is 1. The lowest BCUT2D eigenvalue weighted by Gasteiger charge is -2.21. The van der Waals surface area contributed by atoms with Crippen LogP contribution in [-0.4, -0.2) is 53.7 Å². The summed E-state index contributed by atoms with van der Waals surface area (Å²) in [4.78, 5) is 21.0. The fourth-order valence-corrected chi connectivity index (χ4v) is 3.68. The first-order chi connectivity index (χ1) is 12.5. The number of carbonyl (C=O) groups is 1. The van der Waals surface area contributed by atoms with E-state index in [1.54, 1.807) is 11.3 Å². The monoisotopic (exact) mass is 377 g/mol. The molecule has 7 heteroatoms. The highest BCUT2D eigenvalue weighted by Gasteiger charge is 2.21. The molecule has 26 heavy (non-hydrogen) atoms. The molecule has 3 heterocycles. The number of thiazole rings is 1. The molecule has 1 saturated heterocycles. The lowest BCUT2D eigenvalue weighted by Crippen LogP contribution is -2.36. The van der Waals surface area contributed by atoms with Gasteiger partial charge in [-0.25, -0.2) is 9.78 Å². The quantitative estimate of drug-likeness (QED) is 0.788. The molecule has 6 nitrogen and oxygen atoms in total. The van der Waals surface area contributed by atoms with E-state index < -0.39 is 0 Å². The first kappa shape index (κ1) is 18.9. The van der Waals surface area contributed by atoms with Gasteiger partial charge in [-0.05, 0) is 31.4 Å². The molecule has 2 aromatic heterocycles. The lowest BCUT2D eigenvalue weighted by atomic mass is 10.2. The van der Waals surface area contributed by atoms with E-state index in [4.69, 9.17) is 14.1 Å². The Hall–Kier alpha value is -1.86. The number of ether oxygens (including phenoxy) is 1. The average molecular weight is 378 g/mol. The summed E-state index contributed by atoms with van der Waals surface area (Å²) in [5.74, 6) is 2.08. The standard InChI is InChI=1S/C19H27N3O3S/c1-14(2)12-24-19(23)22-8-4-7-21(9-10-22)11-16-13-26-18(20-16)17-6-5-15(3)25-17/h5-6,13-14H,4,7-12H2,1-3H3. The molecule has 1 aliphatic rings. The van der Waals surface area contributed by atoms with Crippen LogP contribution in [0.5, 0.6) is 0 Å². The summed E-state index contributed by atoms with van der Waals surface area (Å²) in [6.07, 6.45) is 0.759. The summed E-state index contributed by atoms with van der Waals surface area (Å²) in [7, 11) is 0. The fourth-order valence-electron chi connectivity index (χ4n) is 2.91. The SMILES string of the molecule is Cc1ccc(-c2nc(CN3CCCN(C(=O)OCC(C)C)CC3)cs2)o1. The molecular weight excluding hydrogens is 350 g/mol. The number of hydrogen-bond acceptors (Lipinski definition) is 6. The molecule has 0 atom stereocenters. The number of amides is 1. The van der Waals surface area contributed by atoms with E-state index in [9.17, 15) is 4.79 Å². The van der Waals surface area contributed by atoms with Crippen molar-refractivity contribution in [3.05, 3.63) is 29.0 Å². The van der Waals surface area contributed by atoms with E-state index in [0.717, 1.165) is 54.8 Å². The average Bonchev–Trinajstić information content (AvgIpc) is 3.17. The molecule has 0 unspecified atom stereocenters. The number of hydrogen-bond donors (Lipinski definition) is 0. The van der Waals surface area contributed by atoms with Gasteiger partial charge in [0.1, 0.15) is 5.76 Å². The maximum absolute atomic E-state index is 12.1. The third-order valence-electron chi connectivity index (χ3n) is 4.28. The summed E-state index contributed by atoms with van der Waals surface area (Å²) in [6.45, 7) is 10.6. The minimum absolute atomic E-state index is 0.190. The zero-order valence-corrected chi connectivity index (χ0v) is 16.6.